The molecule has 0 amide bonds. The van der Waals surface area contributed by atoms with Crippen LogP contribution in [0.1, 0.15) is 16.7 Å². The second kappa shape index (κ2) is 5.97. The Morgan fingerprint density at radius 2 is 1.90 bits per heavy atom. The summed E-state index contributed by atoms with van der Waals surface area (Å²) in [4.78, 5) is 0. The summed E-state index contributed by atoms with van der Waals surface area (Å²) in [5.74, 6) is 0. The van der Waals surface area contributed by atoms with Crippen LogP contribution in [0.15, 0.2) is 40.9 Å². The van der Waals surface area contributed by atoms with Crippen molar-refractivity contribution in [2.45, 2.75) is 19.6 Å². The van der Waals surface area contributed by atoms with E-state index in [4.69, 9.17) is 5.73 Å². The third-order valence-electron chi connectivity index (χ3n) is 3.24. The van der Waals surface area contributed by atoms with Crippen molar-refractivity contribution in [1.82, 2.24) is 0 Å². The predicted molar refractivity (Wildman–Crippen MR) is 82.1 cm³/mol. The lowest BCUT2D eigenvalue weighted by molar-refractivity contribution is -0.137. The Hall–Kier alpha value is -1.69. The fourth-order valence-electron chi connectivity index (χ4n) is 2.00. The van der Waals surface area contributed by atoms with Crippen LogP contribution in [0.4, 0.5) is 24.5 Å². The van der Waals surface area contributed by atoms with Gasteiger partial charge in [-0.25, -0.2) is 0 Å². The number of nitrogens with two attached hydrogens (primary N) is 1. The summed E-state index contributed by atoms with van der Waals surface area (Å²) in [7, 11) is 0. The average Bonchev–Trinajstić information content (AvgIpc) is 2.39. The van der Waals surface area contributed by atoms with E-state index in [2.05, 4.69) is 21.2 Å². The first-order valence-corrected chi connectivity index (χ1v) is 7.03. The summed E-state index contributed by atoms with van der Waals surface area (Å²) in [6, 6.07) is 9.23. The van der Waals surface area contributed by atoms with E-state index in [1.807, 2.05) is 13.0 Å². The molecule has 2 rings (SSSR count). The van der Waals surface area contributed by atoms with E-state index in [1.165, 1.54) is 12.1 Å². The van der Waals surface area contributed by atoms with Crippen molar-refractivity contribution < 1.29 is 13.2 Å². The summed E-state index contributed by atoms with van der Waals surface area (Å²) in [5, 5.41) is 2.84. The van der Waals surface area contributed by atoms with Crippen LogP contribution >= 0.6 is 15.9 Å². The highest BCUT2D eigenvalue weighted by atomic mass is 79.9. The first-order chi connectivity index (χ1) is 9.79. The Bertz CT molecular complexity index is 654. The minimum atomic E-state index is -4.40. The molecule has 0 bridgehead atoms. The van der Waals surface area contributed by atoms with Crippen molar-refractivity contribution in [2.75, 3.05) is 11.1 Å². The molecule has 0 aliphatic rings. The lowest BCUT2D eigenvalue weighted by Crippen LogP contribution is -2.11. The first kappa shape index (κ1) is 15.7. The topological polar surface area (TPSA) is 38.0 Å². The average molecular weight is 359 g/mol. The van der Waals surface area contributed by atoms with Crippen LogP contribution in [0.25, 0.3) is 0 Å². The smallest absolute Gasteiger partial charge is 0.399 e. The highest BCUT2D eigenvalue weighted by Gasteiger charge is 2.33. The second-order valence-corrected chi connectivity index (χ2v) is 5.59. The van der Waals surface area contributed by atoms with Crippen molar-refractivity contribution in [2.24, 2.45) is 0 Å². The van der Waals surface area contributed by atoms with Gasteiger partial charge in [0.2, 0.25) is 0 Å². The standard InChI is InChI=1S/C15H14BrF3N2/c1-9-10(3-2-4-13(9)20)8-21-14-7-11(16)5-6-12(14)15(17,18)19/h2-7,21H,8,20H2,1H3. The SMILES string of the molecule is Cc1c(N)cccc1CNc1cc(Br)ccc1C(F)(F)F. The molecule has 112 valence electrons. The van der Waals surface area contributed by atoms with Gasteiger partial charge in [-0.15, -0.1) is 0 Å². The molecule has 2 nitrogen and oxygen atoms in total. The molecular weight excluding hydrogens is 345 g/mol. The number of hydrogen-bond acceptors (Lipinski definition) is 2. The van der Waals surface area contributed by atoms with E-state index in [1.54, 1.807) is 12.1 Å². The molecule has 0 fully saturated rings. The van der Waals surface area contributed by atoms with Gasteiger partial charge in [-0.2, -0.15) is 13.2 Å². The number of nitrogens with one attached hydrogen (secondary N) is 1. The zero-order chi connectivity index (χ0) is 15.6. The maximum atomic E-state index is 13.0. The number of nitrogen functional groups attached to an aromatic ring is 1. The molecule has 0 heterocycles. The van der Waals surface area contributed by atoms with E-state index >= 15 is 0 Å². The monoisotopic (exact) mass is 358 g/mol. The number of alkyl halides is 3. The van der Waals surface area contributed by atoms with Gasteiger partial charge in [-0.3, -0.25) is 0 Å². The third-order valence-corrected chi connectivity index (χ3v) is 3.74. The van der Waals surface area contributed by atoms with Crippen LogP contribution in [0.5, 0.6) is 0 Å². The van der Waals surface area contributed by atoms with Gasteiger partial charge < -0.3 is 11.1 Å². The van der Waals surface area contributed by atoms with Gasteiger partial charge in [0.1, 0.15) is 0 Å². The summed E-state index contributed by atoms with van der Waals surface area (Å²) in [6.07, 6.45) is -4.40. The zero-order valence-corrected chi connectivity index (χ0v) is 12.8. The molecule has 0 aliphatic carbocycles. The van der Waals surface area contributed by atoms with Crippen LogP contribution in [-0.2, 0) is 12.7 Å². The van der Waals surface area contributed by atoms with Gasteiger partial charge in [-0.1, -0.05) is 28.1 Å². The third kappa shape index (κ3) is 3.69. The number of hydrogen-bond donors (Lipinski definition) is 2. The second-order valence-electron chi connectivity index (χ2n) is 4.67. The summed E-state index contributed by atoms with van der Waals surface area (Å²) >= 11 is 3.19. The fraction of sp³-hybridized carbons (Fsp3) is 0.200. The molecule has 0 atom stereocenters. The van der Waals surface area contributed by atoms with Crippen LogP contribution in [0.3, 0.4) is 0 Å². The molecular formula is C15H14BrF3N2. The van der Waals surface area contributed by atoms with Gasteiger partial charge in [0.15, 0.2) is 0 Å². The van der Waals surface area contributed by atoms with Crippen LogP contribution in [0.2, 0.25) is 0 Å². The van der Waals surface area contributed by atoms with Crippen molar-refractivity contribution in [3.8, 4) is 0 Å². The molecule has 0 radical (unpaired) electrons. The lowest BCUT2D eigenvalue weighted by atomic mass is 10.1. The van der Waals surface area contributed by atoms with Gasteiger partial charge in [0, 0.05) is 22.4 Å². The Labute approximate surface area is 129 Å². The highest BCUT2D eigenvalue weighted by Crippen LogP contribution is 2.36. The summed E-state index contributed by atoms with van der Waals surface area (Å²) in [5.41, 5.74) is 7.51. The lowest BCUT2D eigenvalue weighted by Gasteiger charge is -2.16. The van der Waals surface area contributed by atoms with Crippen molar-refractivity contribution in [3.05, 3.63) is 57.6 Å². The molecule has 6 heteroatoms. The zero-order valence-electron chi connectivity index (χ0n) is 11.3. The van der Waals surface area contributed by atoms with Gasteiger partial charge in [0.25, 0.3) is 0 Å². The van der Waals surface area contributed by atoms with E-state index in [-0.39, 0.29) is 12.2 Å². The summed E-state index contributed by atoms with van der Waals surface area (Å²) < 4.78 is 39.5. The van der Waals surface area contributed by atoms with Crippen LogP contribution in [-0.4, -0.2) is 0 Å². The molecule has 0 unspecified atom stereocenters. The molecule has 0 spiro atoms. The van der Waals surface area contributed by atoms with Gasteiger partial charge in [-0.05, 0) is 42.3 Å². The van der Waals surface area contributed by atoms with Crippen molar-refractivity contribution in [3.63, 3.8) is 0 Å². The number of anilines is 2. The van der Waals surface area contributed by atoms with E-state index in [9.17, 15) is 13.2 Å². The van der Waals surface area contributed by atoms with Crippen molar-refractivity contribution in [1.29, 1.82) is 0 Å². The van der Waals surface area contributed by atoms with Gasteiger partial charge in [0.05, 0.1) is 5.56 Å². The molecule has 21 heavy (non-hydrogen) atoms. The van der Waals surface area contributed by atoms with Crippen LogP contribution < -0.4 is 11.1 Å². The molecule has 0 aromatic heterocycles. The van der Waals surface area contributed by atoms with E-state index in [0.717, 1.165) is 17.2 Å². The quantitative estimate of drug-likeness (QED) is 0.760. The van der Waals surface area contributed by atoms with E-state index < -0.39 is 11.7 Å². The molecule has 0 saturated heterocycles. The predicted octanol–water partition coefficient (Wildman–Crippen LogP) is 4.97. The maximum Gasteiger partial charge on any atom is 0.418 e. The summed E-state index contributed by atoms with van der Waals surface area (Å²) in [6.45, 7) is 2.12. The Morgan fingerprint density at radius 3 is 2.57 bits per heavy atom. The molecule has 2 aromatic rings. The molecule has 3 N–H and O–H groups in total. The Kier molecular flexibility index (Phi) is 4.46. The normalized spacial score (nSPS) is 11.5. The Balaban J connectivity index is 2.28. The molecule has 0 aliphatic heterocycles. The molecule has 2 aromatic carbocycles. The van der Waals surface area contributed by atoms with Crippen LogP contribution in [0, 0.1) is 6.92 Å². The first-order valence-electron chi connectivity index (χ1n) is 6.23. The number of halogens is 4. The van der Waals surface area contributed by atoms with E-state index in [0.29, 0.717) is 10.2 Å². The minimum absolute atomic E-state index is 0.0405. The van der Waals surface area contributed by atoms with Gasteiger partial charge >= 0.3 is 6.18 Å². The highest BCUT2D eigenvalue weighted by molar-refractivity contribution is 9.10. The maximum absolute atomic E-state index is 13.0. The number of benzene rings is 2. The minimum Gasteiger partial charge on any atom is -0.399 e. The largest absolute Gasteiger partial charge is 0.418 e. The number of rotatable bonds is 3. The molecule has 0 saturated carbocycles. The van der Waals surface area contributed by atoms with Crippen molar-refractivity contribution >= 4 is 27.3 Å². The fourth-order valence-corrected chi connectivity index (χ4v) is 2.36. The Morgan fingerprint density at radius 1 is 1.19 bits per heavy atom.